The maximum atomic E-state index is 9.51. The molecule has 7 heteroatoms. The fourth-order valence-corrected chi connectivity index (χ4v) is 3.51. The summed E-state index contributed by atoms with van der Waals surface area (Å²) in [5.41, 5.74) is 2.33. The Bertz CT molecular complexity index is 525. The minimum atomic E-state index is -0.324. The average molecular weight is 340 g/mol. The largest absolute Gasteiger partial charge is 0.393 e. The average Bonchev–Trinajstić information content (AvgIpc) is 2.97. The summed E-state index contributed by atoms with van der Waals surface area (Å²) in [6.07, 6.45) is 0.777. The summed E-state index contributed by atoms with van der Waals surface area (Å²) in [6, 6.07) is 0. The van der Waals surface area contributed by atoms with Gasteiger partial charge in [0.2, 0.25) is 5.95 Å². The van der Waals surface area contributed by atoms with Gasteiger partial charge in [-0.3, -0.25) is 0 Å². The summed E-state index contributed by atoms with van der Waals surface area (Å²) in [7, 11) is 3.99. The van der Waals surface area contributed by atoms with Gasteiger partial charge in [0.25, 0.3) is 0 Å². The first-order valence-corrected chi connectivity index (χ1v) is 9.30. The Kier molecular flexibility index (Phi) is 6.50. The molecule has 2 heterocycles. The van der Waals surface area contributed by atoms with E-state index in [-0.39, 0.29) is 12.2 Å². The number of thioether (sulfide) groups is 1. The molecule has 0 spiro atoms. The minimum absolute atomic E-state index is 0.310. The van der Waals surface area contributed by atoms with Gasteiger partial charge in [-0.25, -0.2) is 4.98 Å². The fourth-order valence-electron chi connectivity index (χ4n) is 2.47. The first kappa shape index (κ1) is 18.3. The van der Waals surface area contributed by atoms with Crippen LogP contribution < -0.4 is 9.80 Å². The lowest BCUT2D eigenvalue weighted by Gasteiger charge is -2.24. The topological polar surface area (TPSA) is 72.7 Å². The molecule has 1 aromatic rings. The number of aromatic nitrogens is 2. The van der Waals surface area contributed by atoms with E-state index < -0.39 is 0 Å². The van der Waals surface area contributed by atoms with Crippen LogP contribution in [0.3, 0.4) is 0 Å². The Morgan fingerprint density at radius 1 is 1.00 bits per heavy atom. The Labute approximate surface area is 142 Å². The number of fused-ring (bicyclic) bond motifs is 1. The van der Waals surface area contributed by atoms with E-state index in [0.29, 0.717) is 12.4 Å². The van der Waals surface area contributed by atoms with Crippen LogP contribution in [0.25, 0.3) is 0 Å². The molecule has 0 unspecified atom stereocenters. The van der Waals surface area contributed by atoms with Crippen molar-refractivity contribution < 1.29 is 10.2 Å². The van der Waals surface area contributed by atoms with Crippen molar-refractivity contribution in [2.24, 2.45) is 0 Å². The smallest absolute Gasteiger partial charge is 0.227 e. The lowest BCUT2D eigenvalue weighted by Crippen LogP contribution is -2.28. The maximum Gasteiger partial charge on any atom is 0.227 e. The van der Waals surface area contributed by atoms with Crippen LogP contribution in [0, 0.1) is 0 Å². The van der Waals surface area contributed by atoms with E-state index in [0.717, 1.165) is 42.5 Å². The molecule has 0 saturated carbocycles. The third-order valence-electron chi connectivity index (χ3n) is 4.01. The third kappa shape index (κ3) is 4.96. The number of hydrogen-bond acceptors (Lipinski definition) is 7. The Hall–Kier alpha value is -1.05. The van der Waals surface area contributed by atoms with Gasteiger partial charge in [0, 0.05) is 44.3 Å². The molecular formula is C16H28N4O2S. The second-order valence-corrected chi connectivity index (χ2v) is 7.37. The highest BCUT2D eigenvalue weighted by Crippen LogP contribution is 2.35. The van der Waals surface area contributed by atoms with Crippen molar-refractivity contribution in [2.75, 3.05) is 37.0 Å². The van der Waals surface area contributed by atoms with E-state index in [1.807, 2.05) is 37.7 Å². The summed E-state index contributed by atoms with van der Waals surface area (Å²) < 4.78 is 0. The highest BCUT2D eigenvalue weighted by atomic mass is 32.2. The van der Waals surface area contributed by atoms with Gasteiger partial charge < -0.3 is 20.0 Å². The second-order valence-electron chi connectivity index (χ2n) is 6.38. The van der Waals surface area contributed by atoms with E-state index >= 15 is 0 Å². The van der Waals surface area contributed by atoms with E-state index in [1.54, 1.807) is 6.92 Å². The molecule has 0 saturated heterocycles. The predicted molar refractivity (Wildman–Crippen MR) is 96.2 cm³/mol. The molecule has 2 atom stereocenters. The number of anilines is 2. The van der Waals surface area contributed by atoms with Gasteiger partial charge in [-0.1, -0.05) is 0 Å². The van der Waals surface area contributed by atoms with Gasteiger partial charge in [0.1, 0.15) is 5.82 Å². The summed E-state index contributed by atoms with van der Waals surface area (Å²) in [5.74, 6) is 3.55. The zero-order chi connectivity index (χ0) is 17.0. The lowest BCUT2D eigenvalue weighted by molar-refractivity contribution is 0.186. The normalized spacial score (nSPS) is 16.1. The number of hydrogen-bond donors (Lipinski definition) is 2. The summed E-state index contributed by atoms with van der Waals surface area (Å²) in [5, 5.41) is 19.0. The quantitative estimate of drug-likeness (QED) is 0.745. The maximum absolute atomic E-state index is 9.51. The number of aliphatic hydroxyl groups is 2. The molecule has 1 aromatic heterocycles. The van der Waals surface area contributed by atoms with Gasteiger partial charge in [0.15, 0.2) is 0 Å². The van der Waals surface area contributed by atoms with Crippen molar-refractivity contribution in [3.05, 3.63) is 11.3 Å². The highest BCUT2D eigenvalue weighted by molar-refractivity contribution is 7.98. The van der Waals surface area contributed by atoms with Gasteiger partial charge in [-0.15, -0.1) is 0 Å². The van der Waals surface area contributed by atoms with Crippen LogP contribution in [-0.2, 0) is 11.5 Å². The monoisotopic (exact) mass is 340 g/mol. The SMILES string of the molecule is C[C@H](O)CCN(C)c1nc(N(C)CC[C@@H](C)O)nc2c1CSC2. The molecule has 0 aliphatic carbocycles. The molecule has 2 N–H and O–H groups in total. The molecule has 0 radical (unpaired) electrons. The zero-order valence-electron chi connectivity index (χ0n) is 14.5. The van der Waals surface area contributed by atoms with Crippen molar-refractivity contribution in [3.63, 3.8) is 0 Å². The molecule has 0 aromatic carbocycles. The molecule has 1 aliphatic heterocycles. The van der Waals surface area contributed by atoms with Crippen molar-refractivity contribution in [2.45, 2.75) is 50.4 Å². The molecule has 6 nitrogen and oxygen atoms in total. The van der Waals surface area contributed by atoms with E-state index in [2.05, 4.69) is 4.90 Å². The molecular weight excluding hydrogens is 312 g/mol. The van der Waals surface area contributed by atoms with Crippen LogP contribution in [0.15, 0.2) is 0 Å². The van der Waals surface area contributed by atoms with Gasteiger partial charge in [-0.05, 0) is 26.7 Å². The molecule has 23 heavy (non-hydrogen) atoms. The summed E-state index contributed by atoms with van der Waals surface area (Å²) >= 11 is 1.86. The second kappa shape index (κ2) is 8.17. The van der Waals surface area contributed by atoms with Crippen molar-refractivity contribution in [3.8, 4) is 0 Å². The molecule has 0 fully saturated rings. The van der Waals surface area contributed by atoms with Gasteiger partial charge in [0.05, 0.1) is 17.9 Å². The van der Waals surface area contributed by atoms with Gasteiger partial charge >= 0.3 is 0 Å². The van der Waals surface area contributed by atoms with Crippen LogP contribution in [0.2, 0.25) is 0 Å². The number of nitrogens with zero attached hydrogens (tertiary/aromatic N) is 4. The standard InChI is InChI=1S/C16H28N4O2S/c1-11(21)5-7-19(3)15-13-9-23-10-14(13)17-16(18-15)20(4)8-6-12(2)22/h11-12,21-22H,5-10H2,1-4H3/t11-,12+/m0/s1. The predicted octanol–water partition coefficient (Wildman–Crippen LogP) is 1.64. The highest BCUT2D eigenvalue weighted by Gasteiger charge is 2.23. The first-order valence-electron chi connectivity index (χ1n) is 8.14. The first-order chi connectivity index (χ1) is 10.9. The Morgan fingerprint density at radius 3 is 2.22 bits per heavy atom. The summed E-state index contributed by atoms with van der Waals surface area (Å²) in [4.78, 5) is 13.6. The van der Waals surface area contributed by atoms with E-state index in [1.165, 1.54) is 5.56 Å². The molecule has 2 rings (SSSR count). The molecule has 130 valence electrons. The summed E-state index contributed by atoms with van der Waals surface area (Å²) in [6.45, 7) is 5.09. The lowest BCUT2D eigenvalue weighted by atomic mass is 10.2. The van der Waals surface area contributed by atoms with Crippen LogP contribution in [0.5, 0.6) is 0 Å². The Morgan fingerprint density at radius 2 is 1.61 bits per heavy atom. The third-order valence-corrected chi connectivity index (χ3v) is 4.98. The Balaban J connectivity index is 2.20. The van der Waals surface area contributed by atoms with Gasteiger partial charge in [-0.2, -0.15) is 16.7 Å². The zero-order valence-corrected chi connectivity index (χ0v) is 15.3. The molecule has 1 aliphatic rings. The van der Waals surface area contributed by atoms with E-state index in [4.69, 9.17) is 9.97 Å². The molecule has 0 bridgehead atoms. The number of aliphatic hydroxyl groups excluding tert-OH is 2. The van der Waals surface area contributed by atoms with Crippen molar-refractivity contribution in [1.29, 1.82) is 0 Å². The van der Waals surface area contributed by atoms with Crippen LogP contribution >= 0.6 is 11.8 Å². The van der Waals surface area contributed by atoms with Crippen molar-refractivity contribution >= 4 is 23.5 Å². The van der Waals surface area contributed by atoms with Crippen LogP contribution in [0.1, 0.15) is 37.9 Å². The molecule has 0 amide bonds. The van der Waals surface area contributed by atoms with Crippen LogP contribution in [0.4, 0.5) is 11.8 Å². The van der Waals surface area contributed by atoms with E-state index in [9.17, 15) is 10.2 Å². The van der Waals surface area contributed by atoms with Crippen molar-refractivity contribution in [1.82, 2.24) is 9.97 Å². The fraction of sp³-hybridized carbons (Fsp3) is 0.750. The number of rotatable bonds is 8. The minimum Gasteiger partial charge on any atom is -0.393 e. The van der Waals surface area contributed by atoms with Crippen LogP contribution in [-0.4, -0.2) is 59.6 Å².